The van der Waals surface area contributed by atoms with Gasteiger partial charge in [-0.2, -0.15) is 4.72 Å². The molecule has 1 aromatic heterocycles. The van der Waals surface area contributed by atoms with Crippen LogP contribution >= 0.6 is 0 Å². The first kappa shape index (κ1) is 23.8. The zero-order valence-electron chi connectivity index (χ0n) is 18.9. The van der Waals surface area contributed by atoms with Crippen LogP contribution in [-0.2, 0) is 10.0 Å². The van der Waals surface area contributed by atoms with Crippen molar-refractivity contribution in [3.8, 4) is 0 Å². The molecule has 34 heavy (non-hydrogen) atoms. The molecule has 0 saturated heterocycles. The largest absolute Gasteiger partial charge is 0.434 e. The molecule has 0 spiro atoms. The first-order valence-electron chi connectivity index (χ1n) is 10.8. The average Bonchev–Trinajstić information content (AvgIpc) is 3.55. The first-order chi connectivity index (χ1) is 16.0. The number of primary amides is 1. The van der Waals surface area contributed by atoms with Gasteiger partial charge in [0.25, 0.3) is 0 Å². The van der Waals surface area contributed by atoms with Gasteiger partial charge in [0, 0.05) is 5.92 Å². The summed E-state index contributed by atoms with van der Waals surface area (Å²) in [5, 5.41) is 5.88. The molecule has 9 nitrogen and oxygen atoms in total. The van der Waals surface area contributed by atoms with E-state index < -0.39 is 39.5 Å². The minimum absolute atomic E-state index is 0.148. The summed E-state index contributed by atoms with van der Waals surface area (Å²) < 4.78 is 49.3. The van der Waals surface area contributed by atoms with Crippen molar-refractivity contribution in [3.63, 3.8) is 0 Å². The van der Waals surface area contributed by atoms with Crippen LogP contribution in [0.2, 0.25) is 0 Å². The molecule has 2 aromatic carbocycles. The number of carbonyl (C=O) groups is 1. The van der Waals surface area contributed by atoms with E-state index in [1.807, 2.05) is 0 Å². The molecule has 1 aliphatic carbocycles. The molecule has 11 heteroatoms. The molecule has 0 bridgehead atoms. The van der Waals surface area contributed by atoms with Crippen molar-refractivity contribution >= 4 is 15.9 Å². The lowest BCUT2D eigenvalue weighted by atomic mass is 9.88. The van der Waals surface area contributed by atoms with Crippen LogP contribution in [0, 0.1) is 19.7 Å². The van der Waals surface area contributed by atoms with Crippen molar-refractivity contribution in [2.24, 2.45) is 5.73 Å². The van der Waals surface area contributed by atoms with E-state index in [0.29, 0.717) is 5.56 Å². The molecule has 4 N–H and O–H groups in total. The maximum atomic E-state index is 14.9. The number of aryl methyl sites for hydroxylation is 1. The van der Waals surface area contributed by atoms with Crippen molar-refractivity contribution in [1.82, 2.24) is 14.9 Å². The summed E-state index contributed by atoms with van der Waals surface area (Å²) in [6, 6.07) is 6.12. The van der Waals surface area contributed by atoms with Crippen LogP contribution < -0.4 is 16.2 Å². The normalized spacial score (nSPS) is 15.8. The zero-order valence-corrected chi connectivity index (χ0v) is 19.7. The molecule has 0 radical (unpaired) electrons. The summed E-state index contributed by atoms with van der Waals surface area (Å²) in [7, 11) is -4.37. The molecule has 1 amide bonds. The Morgan fingerprint density at radius 1 is 1.26 bits per heavy atom. The molecular formula is C23H25FN4O5S. The highest BCUT2D eigenvalue weighted by Crippen LogP contribution is 2.41. The fourth-order valence-corrected chi connectivity index (χ4v) is 5.61. The lowest BCUT2D eigenvalue weighted by Gasteiger charge is -2.25. The standard InChI is InChI=1S/C23H25FN4O5S/c1-11-4-8-17(24)19(12(11)2)13(3)20(22-26-27-23(30)33-22)28-34(31,32)18-9-7-15(14-5-6-14)10-16(18)21(25)29/h4,7-10,13-14,20,28H,5-6H2,1-3H3,(H2,25,29)(H,27,30)/t13-,20+/m1/s1. The maximum Gasteiger partial charge on any atom is 0.434 e. The number of aromatic nitrogens is 2. The van der Waals surface area contributed by atoms with Crippen molar-refractivity contribution in [2.75, 3.05) is 0 Å². The van der Waals surface area contributed by atoms with Crippen LogP contribution in [-0.4, -0.2) is 24.5 Å². The van der Waals surface area contributed by atoms with Gasteiger partial charge in [0.1, 0.15) is 11.9 Å². The molecule has 1 fully saturated rings. The van der Waals surface area contributed by atoms with E-state index in [1.165, 1.54) is 18.2 Å². The number of benzene rings is 2. The van der Waals surface area contributed by atoms with Gasteiger partial charge in [0.15, 0.2) is 0 Å². The number of carbonyl (C=O) groups excluding carboxylic acids is 1. The van der Waals surface area contributed by atoms with E-state index in [4.69, 9.17) is 10.2 Å². The topological polar surface area (TPSA) is 148 Å². The Bertz CT molecular complexity index is 1430. The summed E-state index contributed by atoms with van der Waals surface area (Å²) in [5.74, 6) is -3.13. The van der Waals surface area contributed by atoms with Crippen LogP contribution in [0.3, 0.4) is 0 Å². The van der Waals surface area contributed by atoms with Crippen LogP contribution in [0.1, 0.15) is 76.1 Å². The monoisotopic (exact) mass is 488 g/mol. The van der Waals surface area contributed by atoms with E-state index in [1.54, 1.807) is 32.9 Å². The summed E-state index contributed by atoms with van der Waals surface area (Å²) in [6.07, 6.45) is 1.92. The second-order valence-corrected chi connectivity index (χ2v) is 10.3. The van der Waals surface area contributed by atoms with Gasteiger partial charge in [-0.25, -0.2) is 22.7 Å². The number of aromatic amines is 1. The minimum atomic E-state index is -4.37. The quantitative estimate of drug-likeness (QED) is 0.444. The Hall–Kier alpha value is -3.31. The molecule has 1 aliphatic rings. The van der Waals surface area contributed by atoms with Crippen molar-refractivity contribution in [1.29, 1.82) is 0 Å². The van der Waals surface area contributed by atoms with Gasteiger partial charge in [-0.05, 0) is 73.1 Å². The Morgan fingerprint density at radius 3 is 2.56 bits per heavy atom. The van der Waals surface area contributed by atoms with E-state index in [0.717, 1.165) is 24.0 Å². The van der Waals surface area contributed by atoms with E-state index in [9.17, 15) is 22.4 Å². The summed E-state index contributed by atoms with van der Waals surface area (Å²) >= 11 is 0. The van der Waals surface area contributed by atoms with E-state index in [-0.39, 0.29) is 27.8 Å². The van der Waals surface area contributed by atoms with Crippen LogP contribution in [0.25, 0.3) is 0 Å². The fourth-order valence-electron chi connectivity index (χ4n) is 4.15. The van der Waals surface area contributed by atoms with Gasteiger partial charge in [-0.15, -0.1) is 5.10 Å². The summed E-state index contributed by atoms with van der Waals surface area (Å²) in [5.41, 5.74) is 7.87. The van der Waals surface area contributed by atoms with Crippen molar-refractivity contribution in [3.05, 3.63) is 80.4 Å². The van der Waals surface area contributed by atoms with Crippen LogP contribution in [0.4, 0.5) is 4.39 Å². The Balaban J connectivity index is 1.79. The average molecular weight is 489 g/mol. The number of sulfonamides is 1. The molecule has 0 unspecified atom stereocenters. The van der Waals surface area contributed by atoms with Crippen molar-refractivity contribution in [2.45, 2.75) is 56.4 Å². The molecule has 1 saturated carbocycles. The number of nitrogens with zero attached hydrogens (tertiary/aromatic N) is 1. The van der Waals surface area contributed by atoms with Gasteiger partial charge in [-0.1, -0.05) is 19.1 Å². The molecule has 3 aromatic rings. The van der Waals surface area contributed by atoms with Crippen LogP contribution in [0.5, 0.6) is 0 Å². The Morgan fingerprint density at radius 2 is 1.97 bits per heavy atom. The molecule has 1 heterocycles. The number of nitrogens with one attached hydrogen (secondary N) is 2. The predicted octanol–water partition coefficient (Wildman–Crippen LogP) is 2.92. The smallest absolute Gasteiger partial charge is 0.391 e. The molecule has 2 atom stereocenters. The van der Waals surface area contributed by atoms with Gasteiger partial charge in [-0.3, -0.25) is 4.79 Å². The molecule has 4 rings (SSSR count). The highest BCUT2D eigenvalue weighted by atomic mass is 32.2. The second-order valence-electron chi connectivity index (χ2n) is 8.64. The van der Waals surface area contributed by atoms with E-state index in [2.05, 4.69) is 14.9 Å². The number of nitrogens with two attached hydrogens (primary N) is 1. The number of halogens is 1. The summed E-state index contributed by atoms with van der Waals surface area (Å²) in [4.78, 5) is 23.4. The van der Waals surface area contributed by atoms with Gasteiger partial charge in [0.2, 0.25) is 21.8 Å². The van der Waals surface area contributed by atoms with Gasteiger partial charge in [0.05, 0.1) is 10.5 Å². The Labute approximate surface area is 195 Å². The van der Waals surface area contributed by atoms with Gasteiger partial charge >= 0.3 is 5.76 Å². The lowest BCUT2D eigenvalue weighted by molar-refractivity contribution is 0.0997. The third kappa shape index (κ3) is 4.53. The number of rotatable bonds is 8. The van der Waals surface area contributed by atoms with Crippen LogP contribution in [0.15, 0.2) is 44.4 Å². The molecule has 180 valence electrons. The number of hydrogen-bond donors (Lipinski definition) is 3. The summed E-state index contributed by atoms with van der Waals surface area (Å²) in [6.45, 7) is 5.12. The molecule has 0 aliphatic heterocycles. The highest BCUT2D eigenvalue weighted by Gasteiger charge is 2.35. The highest BCUT2D eigenvalue weighted by molar-refractivity contribution is 7.89. The predicted molar refractivity (Wildman–Crippen MR) is 121 cm³/mol. The third-order valence-corrected chi connectivity index (χ3v) is 7.80. The third-order valence-electron chi connectivity index (χ3n) is 6.30. The number of amides is 1. The fraction of sp³-hybridized carbons (Fsp3) is 0.348. The zero-order chi connectivity index (χ0) is 24.8. The second kappa shape index (κ2) is 8.80. The first-order valence-corrected chi connectivity index (χ1v) is 12.2. The number of H-pyrrole nitrogens is 1. The van der Waals surface area contributed by atoms with E-state index >= 15 is 0 Å². The number of hydrogen-bond acceptors (Lipinski definition) is 6. The van der Waals surface area contributed by atoms with Crippen molar-refractivity contribution < 1.29 is 22.0 Å². The van der Waals surface area contributed by atoms with Gasteiger partial charge < -0.3 is 10.2 Å². The maximum absolute atomic E-state index is 14.9. The Kier molecular flexibility index (Phi) is 6.17. The minimum Gasteiger partial charge on any atom is -0.391 e. The SMILES string of the molecule is Cc1ccc(F)c([C@@H](C)[C@H](NS(=O)(=O)c2ccc(C3CC3)cc2C(N)=O)c2n[nH]c(=O)o2)c1C. The lowest BCUT2D eigenvalue weighted by Crippen LogP contribution is -2.34. The molecular weight excluding hydrogens is 463 g/mol.